The third kappa shape index (κ3) is 3.81. The van der Waals surface area contributed by atoms with E-state index in [0.29, 0.717) is 13.0 Å². The maximum Gasteiger partial charge on any atom is 0.308 e. The van der Waals surface area contributed by atoms with Crippen molar-refractivity contribution in [1.82, 2.24) is 10.6 Å². The van der Waals surface area contributed by atoms with Gasteiger partial charge in [0.05, 0.1) is 11.8 Å². The van der Waals surface area contributed by atoms with Gasteiger partial charge in [-0.2, -0.15) is 0 Å². The highest BCUT2D eigenvalue weighted by molar-refractivity contribution is 5.79. The minimum Gasteiger partial charge on any atom is -0.481 e. The summed E-state index contributed by atoms with van der Waals surface area (Å²) in [4.78, 5) is 22.5. The van der Waals surface area contributed by atoms with Gasteiger partial charge in [-0.15, -0.1) is 0 Å². The van der Waals surface area contributed by atoms with Gasteiger partial charge in [-0.3, -0.25) is 9.59 Å². The fraction of sp³-hybridized carbons (Fsp3) is 0.818. The maximum atomic E-state index is 11.7. The van der Waals surface area contributed by atoms with Crippen LogP contribution in [0.5, 0.6) is 0 Å². The molecule has 1 fully saturated rings. The summed E-state index contributed by atoms with van der Waals surface area (Å²) in [6, 6.07) is 0. The van der Waals surface area contributed by atoms with Crippen LogP contribution in [-0.2, 0) is 9.59 Å². The first-order valence-corrected chi connectivity index (χ1v) is 5.86. The van der Waals surface area contributed by atoms with Gasteiger partial charge in [0, 0.05) is 13.1 Å². The highest BCUT2D eigenvalue weighted by atomic mass is 16.4. The van der Waals surface area contributed by atoms with E-state index in [2.05, 4.69) is 10.6 Å². The van der Waals surface area contributed by atoms with Crippen molar-refractivity contribution in [3.63, 3.8) is 0 Å². The molecule has 1 saturated heterocycles. The van der Waals surface area contributed by atoms with E-state index in [0.717, 1.165) is 19.4 Å². The van der Waals surface area contributed by atoms with E-state index < -0.39 is 11.9 Å². The molecule has 5 nitrogen and oxygen atoms in total. The third-order valence-corrected chi connectivity index (χ3v) is 3.03. The fourth-order valence-electron chi connectivity index (χ4n) is 1.85. The Kier molecular flexibility index (Phi) is 5.25. The highest BCUT2D eigenvalue weighted by Gasteiger charge is 2.22. The van der Waals surface area contributed by atoms with Crippen LogP contribution in [0.25, 0.3) is 0 Å². The number of nitrogens with one attached hydrogen (secondary N) is 2. The van der Waals surface area contributed by atoms with E-state index in [-0.39, 0.29) is 18.4 Å². The Bertz CT molecular complexity index is 250. The standard InChI is InChI=1S/C11H20N2O3/c1-2-8(11(15)16)7-13-10(14)9-4-3-5-12-6-9/h8-9,12H,2-7H2,1H3,(H,13,14)(H,15,16)/t8?,9-/m0/s1. The Labute approximate surface area is 95.6 Å². The smallest absolute Gasteiger partial charge is 0.308 e. The summed E-state index contributed by atoms with van der Waals surface area (Å²) >= 11 is 0. The van der Waals surface area contributed by atoms with E-state index in [1.54, 1.807) is 0 Å². The summed E-state index contributed by atoms with van der Waals surface area (Å²) in [7, 11) is 0. The summed E-state index contributed by atoms with van der Waals surface area (Å²) in [5.41, 5.74) is 0. The van der Waals surface area contributed by atoms with Gasteiger partial charge >= 0.3 is 5.97 Å². The van der Waals surface area contributed by atoms with Crippen molar-refractivity contribution in [3.05, 3.63) is 0 Å². The number of carbonyl (C=O) groups excluding carboxylic acids is 1. The fourth-order valence-corrected chi connectivity index (χ4v) is 1.85. The second-order valence-electron chi connectivity index (χ2n) is 4.23. The molecular formula is C11H20N2O3. The predicted molar refractivity (Wildman–Crippen MR) is 60.0 cm³/mol. The van der Waals surface area contributed by atoms with Crippen LogP contribution in [0.15, 0.2) is 0 Å². The molecule has 1 heterocycles. The summed E-state index contributed by atoms with van der Waals surface area (Å²) in [6.07, 6.45) is 2.44. The predicted octanol–water partition coefficient (Wildman–Crippen LogP) is 0.213. The van der Waals surface area contributed by atoms with E-state index in [1.807, 2.05) is 6.92 Å². The molecule has 0 spiro atoms. The first-order valence-electron chi connectivity index (χ1n) is 5.86. The lowest BCUT2D eigenvalue weighted by Crippen LogP contribution is -2.42. The van der Waals surface area contributed by atoms with E-state index >= 15 is 0 Å². The molecule has 1 amide bonds. The zero-order valence-corrected chi connectivity index (χ0v) is 9.66. The molecule has 0 aromatic carbocycles. The Morgan fingerprint density at radius 1 is 1.56 bits per heavy atom. The Morgan fingerprint density at radius 3 is 2.81 bits per heavy atom. The van der Waals surface area contributed by atoms with E-state index in [1.165, 1.54) is 0 Å². The molecule has 0 aliphatic carbocycles. The van der Waals surface area contributed by atoms with Crippen molar-refractivity contribution in [2.75, 3.05) is 19.6 Å². The molecule has 16 heavy (non-hydrogen) atoms. The highest BCUT2D eigenvalue weighted by Crippen LogP contribution is 2.10. The van der Waals surface area contributed by atoms with Gasteiger partial charge in [0.15, 0.2) is 0 Å². The molecule has 92 valence electrons. The lowest BCUT2D eigenvalue weighted by Gasteiger charge is -2.22. The van der Waals surface area contributed by atoms with E-state index in [9.17, 15) is 9.59 Å². The molecule has 0 aromatic rings. The van der Waals surface area contributed by atoms with Gasteiger partial charge in [0.1, 0.15) is 0 Å². The number of hydrogen-bond donors (Lipinski definition) is 3. The number of carboxylic acids is 1. The molecule has 1 rings (SSSR count). The molecule has 0 bridgehead atoms. The van der Waals surface area contributed by atoms with Crippen LogP contribution in [0.3, 0.4) is 0 Å². The molecule has 1 aliphatic rings. The van der Waals surface area contributed by atoms with Crippen molar-refractivity contribution in [3.8, 4) is 0 Å². The summed E-state index contributed by atoms with van der Waals surface area (Å²) in [5, 5.41) is 14.7. The number of carbonyl (C=O) groups is 2. The number of amides is 1. The Morgan fingerprint density at radius 2 is 2.31 bits per heavy atom. The largest absolute Gasteiger partial charge is 0.481 e. The van der Waals surface area contributed by atoms with Crippen molar-refractivity contribution >= 4 is 11.9 Å². The quantitative estimate of drug-likeness (QED) is 0.628. The minimum absolute atomic E-state index is 0.0000472. The van der Waals surface area contributed by atoms with Crippen LogP contribution in [-0.4, -0.2) is 36.6 Å². The average molecular weight is 228 g/mol. The lowest BCUT2D eigenvalue weighted by atomic mass is 9.98. The molecular weight excluding hydrogens is 208 g/mol. The van der Waals surface area contributed by atoms with Gasteiger partial charge in [0.2, 0.25) is 5.91 Å². The normalized spacial score (nSPS) is 22.4. The zero-order chi connectivity index (χ0) is 12.0. The number of hydrogen-bond acceptors (Lipinski definition) is 3. The Balaban J connectivity index is 2.30. The first-order chi connectivity index (χ1) is 7.65. The van der Waals surface area contributed by atoms with Crippen LogP contribution in [0.4, 0.5) is 0 Å². The summed E-state index contributed by atoms with van der Waals surface area (Å²) in [6.45, 7) is 3.72. The zero-order valence-electron chi connectivity index (χ0n) is 9.66. The monoisotopic (exact) mass is 228 g/mol. The van der Waals surface area contributed by atoms with Crippen LogP contribution < -0.4 is 10.6 Å². The maximum absolute atomic E-state index is 11.7. The molecule has 2 atom stereocenters. The summed E-state index contributed by atoms with van der Waals surface area (Å²) < 4.78 is 0. The first kappa shape index (κ1) is 13.0. The van der Waals surface area contributed by atoms with E-state index in [4.69, 9.17) is 5.11 Å². The SMILES string of the molecule is CCC(CNC(=O)[C@H]1CCCNC1)C(=O)O. The minimum atomic E-state index is -0.843. The van der Waals surface area contributed by atoms with Crippen molar-refractivity contribution in [2.45, 2.75) is 26.2 Å². The second-order valence-corrected chi connectivity index (χ2v) is 4.23. The Hall–Kier alpha value is -1.10. The van der Waals surface area contributed by atoms with Crippen LogP contribution >= 0.6 is 0 Å². The van der Waals surface area contributed by atoms with Crippen LogP contribution in [0.1, 0.15) is 26.2 Å². The average Bonchev–Trinajstić information content (AvgIpc) is 2.30. The summed E-state index contributed by atoms with van der Waals surface area (Å²) in [5.74, 6) is -1.34. The van der Waals surface area contributed by atoms with Gasteiger partial charge in [-0.25, -0.2) is 0 Å². The number of carboxylic acid groups (broad SMARTS) is 1. The second kappa shape index (κ2) is 6.48. The number of aliphatic carboxylic acids is 1. The number of piperidine rings is 1. The van der Waals surface area contributed by atoms with Crippen molar-refractivity contribution in [2.24, 2.45) is 11.8 Å². The van der Waals surface area contributed by atoms with Crippen molar-refractivity contribution < 1.29 is 14.7 Å². The van der Waals surface area contributed by atoms with Gasteiger partial charge < -0.3 is 15.7 Å². The molecule has 3 N–H and O–H groups in total. The van der Waals surface area contributed by atoms with Gasteiger partial charge in [-0.1, -0.05) is 6.92 Å². The molecule has 1 aliphatic heterocycles. The van der Waals surface area contributed by atoms with Gasteiger partial charge in [0.25, 0.3) is 0 Å². The molecule has 5 heteroatoms. The van der Waals surface area contributed by atoms with Gasteiger partial charge in [-0.05, 0) is 25.8 Å². The lowest BCUT2D eigenvalue weighted by molar-refractivity contribution is -0.141. The van der Waals surface area contributed by atoms with Crippen LogP contribution in [0, 0.1) is 11.8 Å². The molecule has 0 radical (unpaired) electrons. The number of rotatable bonds is 5. The third-order valence-electron chi connectivity index (χ3n) is 3.03. The molecule has 0 saturated carbocycles. The molecule has 0 aromatic heterocycles. The molecule has 1 unspecified atom stereocenters. The topological polar surface area (TPSA) is 78.4 Å². The van der Waals surface area contributed by atoms with Crippen molar-refractivity contribution in [1.29, 1.82) is 0 Å². The van der Waals surface area contributed by atoms with Crippen LogP contribution in [0.2, 0.25) is 0 Å².